The van der Waals surface area contributed by atoms with Gasteiger partial charge in [0.1, 0.15) is 17.2 Å². The number of nitrogens with one attached hydrogen (secondary N) is 1. The van der Waals surface area contributed by atoms with Crippen molar-refractivity contribution in [3.63, 3.8) is 0 Å². The van der Waals surface area contributed by atoms with Gasteiger partial charge in [-0.15, -0.1) is 0 Å². The van der Waals surface area contributed by atoms with Crippen LogP contribution in [0.3, 0.4) is 0 Å². The molecule has 28 heavy (non-hydrogen) atoms. The van der Waals surface area contributed by atoms with Gasteiger partial charge in [0.2, 0.25) is 0 Å². The lowest BCUT2D eigenvalue weighted by Crippen LogP contribution is -2.25. The minimum Gasteiger partial charge on any atom is -0.361 e. The van der Waals surface area contributed by atoms with Crippen LogP contribution in [-0.2, 0) is 17.6 Å². The van der Waals surface area contributed by atoms with Gasteiger partial charge in [0.25, 0.3) is 5.91 Å². The van der Waals surface area contributed by atoms with Crippen LogP contribution in [0.5, 0.6) is 0 Å². The third-order valence-electron chi connectivity index (χ3n) is 4.01. The van der Waals surface area contributed by atoms with E-state index in [1.165, 1.54) is 6.92 Å². The first-order valence-corrected chi connectivity index (χ1v) is 8.72. The summed E-state index contributed by atoms with van der Waals surface area (Å²) in [5.74, 6) is 0.505. The van der Waals surface area contributed by atoms with Crippen LogP contribution in [0.4, 0.5) is 0 Å². The number of hydrogen-bond acceptors (Lipinski definition) is 7. The van der Waals surface area contributed by atoms with Gasteiger partial charge in [-0.05, 0) is 12.5 Å². The highest BCUT2D eigenvalue weighted by molar-refractivity contribution is 5.93. The zero-order valence-electron chi connectivity index (χ0n) is 15.5. The second-order valence-electron chi connectivity index (χ2n) is 6.39. The van der Waals surface area contributed by atoms with Gasteiger partial charge in [0.05, 0.1) is 0 Å². The third-order valence-corrected chi connectivity index (χ3v) is 4.01. The minimum atomic E-state index is -0.380. The number of Topliss-reactive ketones (excluding diaryl/α,β-unsaturated/α-hetero) is 2. The van der Waals surface area contributed by atoms with Crippen molar-refractivity contribution in [1.82, 2.24) is 15.6 Å². The average molecular weight is 381 g/mol. The van der Waals surface area contributed by atoms with Crippen LogP contribution in [0.25, 0.3) is 11.3 Å². The molecule has 1 N–H and O–H groups in total. The predicted octanol–water partition coefficient (Wildman–Crippen LogP) is 2.64. The summed E-state index contributed by atoms with van der Waals surface area (Å²) in [6.07, 6.45) is 0.776. The molecule has 0 bridgehead atoms. The Bertz CT molecular complexity index is 1000. The molecule has 1 aromatic carbocycles. The van der Waals surface area contributed by atoms with E-state index in [1.807, 2.05) is 24.3 Å². The van der Waals surface area contributed by atoms with Gasteiger partial charge >= 0.3 is 0 Å². The Morgan fingerprint density at radius 2 is 1.68 bits per heavy atom. The molecule has 3 rings (SSSR count). The highest BCUT2D eigenvalue weighted by atomic mass is 16.5. The van der Waals surface area contributed by atoms with E-state index in [4.69, 9.17) is 9.05 Å². The average Bonchev–Trinajstić information content (AvgIpc) is 3.31. The molecule has 1 amide bonds. The molecular formula is C20H19N3O5. The zero-order chi connectivity index (χ0) is 20.1. The van der Waals surface area contributed by atoms with Crippen LogP contribution in [0.15, 0.2) is 45.4 Å². The molecule has 0 spiro atoms. The Kier molecular flexibility index (Phi) is 5.78. The van der Waals surface area contributed by atoms with Crippen molar-refractivity contribution in [2.24, 2.45) is 0 Å². The van der Waals surface area contributed by atoms with Crippen molar-refractivity contribution in [2.75, 3.05) is 6.54 Å². The molecule has 8 nitrogen and oxygen atoms in total. The Morgan fingerprint density at radius 3 is 2.32 bits per heavy atom. The van der Waals surface area contributed by atoms with Crippen molar-refractivity contribution < 1.29 is 23.4 Å². The van der Waals surface area contributed by atoms with Crippen LogP contribution in [-0.4, -0.2) is 34.3 Å². The quantitative estimate of drug-likeness (QED) is 0.596. The van der Waals surface area contributed by atoms with Crippen molar-refractivity contribution in [3.05, 3.63) is 59.1 Å². The molecule has 144 valence electrons. The molecule has 0 fully saturated rings. The number of amides is 1. The molecular weight excluding hydrogens is 362 g/mol. The van der Waals surface area contributed by atoms with Crippen LogP contribution < -0.4 is 5.32 Å². The lowest BCUT2D eigenvalue weighted by Gasteiger charge is -2.00. The second kappa shape index (κ2) is 8.43. The minimum absolute atomic E-state index is 0.0919. The van der Waals surface area contributed by atoms with Gasteiger partial charge in [-0.1, -0.05) is 34.6 Å². The number of carbonyl (C=O) groups excluding carboxylic acids is 3. The Labute approximate surface area is 160 Å². The SMILES string of the molecule is CC(=O)Cc1ccc(-c2cc(C(=O)NCCc3cc(C(C)=O)no3)no2)cc1. The Balaban J connectivity index is 1.56. The molecule has 0 atom stereocenters. The van der Waals surface area contributed by atoms with Crippen LogP contribution >= 0.6 is 0 Å². The van der Waals surface area contributed by atoms with Crippen molar-refractivity contribution in [3.8, 4) is 11.3 Å². The maximum absolute atomic E-state index is 12.2. The smallest absolute Gasteiger partial charge is 0.273 e. The summed E-state index contributed by atoms with van der Waals surface area (Å²) in [5, 5.41) is 10.2. The monoisotopic (exact) mass is 381 g/mol. The van der Waals surface area contributed by atoms with Crippen molar-refractivity contribution in [1.29, 1.82) is 0 Å². The molecule has 3 aromatic rings. The van der Waals surface area contributed by atoms with Crippen LogP contribution in [0, 0.1) is 0 Å². The molecule has 0 aliphatic carbocycles. The van der Waals surface area contributed by atoms with Crippen LogP contribution in [0.1, 0.15) is 46.1 Å². The fourth-order valence-electron chi connectivity index (χ4n) is 2.58. The maximum atomic E-state index is 12.2. The number of rotatable bonds is 8. The topological polar surface area (TPSA) is 115 Å². The van der Waals surface area contributed by atoms with Gasteiger partial charge in [0, 0.05) is 44.0 Å². The third kappa shape index (κ3) is 4.79. The van der Waals surface area contributed by atoms with E-state index in [0.29, 0.717) is 30.9 Å². The zero-order valence-corrected chi connectivity index (χ0v) is 15.5. The van der Waals surface area contributed by atoms with Crippen molar-refractivity contribution >= 4 is 17.5 Å². The molecule has 0 unspecified atom stereocenters. The maximum Gasteiger partial charge on any atom is 0.273 e. The summed E-state index contributed by atoms with van der Waals surface area (Å²) in [6.45, 7) is 3.25. The summed E-state index contributed by atoms with van der Waals surface area (Å²) in [4.78, 5) is 34.5. The van der Waals surface area contributed by atoms with Gasteiger partial charge in [-0.2, -0.15) is 0 Å². The number of carbonyl (C=O) groups is 3. The van der Waals surface area contributed by atoms with Gasteiger partial charge < -0.3 is 14.4 Å². The number of benzene rings is 1. The van der Waals surface area contributed by atoms with E-state index in [0.717, 1.165) is 11.1 Å². The lowest BCUT2D eigenvalue weighted by atomic mass is 10.1. The fourth-order valence-corrected chi connectivity index (χ4v) is 2.58. The molecule has 0 saturated carbocycles. The summed E-state index contributed by atoms with van der Waals surface area (Å²) in [5.41, 5.74) is 2.09. The van der Waals surface area contributed by atoms with E-state index in [2.05, 4.69) is 15.6 Å². The number of ketones is 2. The molecule has 0 aliphatic heterocycles. The van der Waals surface area contributed by atoms with E-state index < -0.39 is 0 Å². The summed E-state index contributed by atoms with van der Waals surface area (Å²) in [6, 6.07) is 10.4. The van der Waals surface area contributed by atoms with Gasteiger partial charge in [-0.3, -0.25) is 14.4 Å². The molecule has 0 aliphatic rings. The standard InChI is InChI=1S/C20H19N3O5/c1-12(24)9-14-3-5-15(6-4-14)19-11-18(23-28-19)20(26)21-8-7-16-10-17(13(2)25)22-27-16/h3-6,10-11H,7-9H2,1-2H3,(H,21,26). The van der Waals surface area contributed by atoms with Gasteiger partial charge in [0.15, 0.2) is 17.2 Å². The molecule has 2 heterocycles. The lowest BCUT2D eigenvalue weighted by molar-refractivity contribution is -0.116. The molecule has 8 heteroatoms. The largest absolute Gasteiger partial charge is 0.361 e. The summed E-state index contributed by atoms with van der Waals surface area (Å²) < 4.78 is 10.3. The fraction of sp³-hybridized carbons (Fsp3) is 0.250. The molecule has 0 saturated heterocycles. The highest BCUT2D eigenvalue weighted by Gasteiger charge is 2.14. The molecule has 2 aromatic heterocycles. The first-order chi connectivity index (χ1) is 13.4. The predicted molar refractivity (Wildman–Crippen MR) is 98.9 cm³/mol. The highest BCUT2D eigenvalue weighted by Crippen LogP contribution is 2.21. The first-order valence-electron chi connectivity index (χ1n) is 8.72. The first kappa shape index (κ1) is 19.2. The summed E-state index contributed by atoms with van der Waals surface area (Å²) >= 11 is 0. The molecule has 0 radical (unpaired) electrons. The van der Waals surface area contributed by atoms with E-state index in [9.17, 15) is 14.4 Å². The van der Waals surface area contributed by atoms with E-state index in [-0.39, 0.29) is 28.9 Å². The second-order valence-corrected chi connectivity index (χ2v) is 6.39. The van der Waals surface area contributed by atoms with E-state index >= 15 is 0 Å². The Morgan fingerprint density at radius 1 is 0.964 bits per heavy atom. The normalized spacial score (nSPS) is 10.6. The van der Waals surface area contributed by atoms with Crippen molar-refractivity contribution in [2.45, 2.75) is 26.7 Å². The summed E-state index contributed by atoms with van der Waals surface area (Å²) in [7, 11) is 0. The Hall–Kier alpha value is -3.55. The number of hydrogen-bond donors (Lipinski definition) is 1. The van der Waals surface area contributed by atoms with Gasteiger partial charge in [-0.25, -0.2) is 0 Å². The number of nitrogens with zero attached hydrogens (tertiary/aromatic N) is 2. The number of aromatic nitrogens is 2. The van der Waals surface area contributed by atoms with E-state index in [1.54, 1.807) is 19.1 Å². The van der Waals surface area contributed by atoms with Crippen LogP contribution in [0.2, 0.25) is 0 Å².